The first kappa shape index (κ1) is 17.6. The second kappa shape index (κ2) is 8.65. The van der Waals surface area contributed by atoms with Gasteiger partial charge in [0.05, 0.1) is 18.1 Å². The summed E-state index contributed by atoms with van der Waals surface area (Å²) in [6.07, 6.45) is 0. The molecule has 0 heterocycles. The molecule has 3 N–H and O–H groups in total. The summed E-state index contributed by atoms with van der Waals surface area (Å²) >= 11 is 0. The van der Waals surface area contributed by atoms with Crippen LogP contribution in [0.2, 0.25) is 0 Å². The van der Waals surface area contributed by atoms with Gasteiger partial charge < -0.3 is 27.7 Å². The number of nitro benzene ring substituents is 1. The van der Waals surface area contributed by atoms with Gasteiger partial charge in [-0.15, -0.1) is 0 Å². The predicted octanol–water partition coefficient (Wildman–Crippen LogP) is -2.91. The number of hydrogen-bond acceptors (Lipinski definition) is 6. The van der Waals surface area contributed by atoms with Crippen molar-refractivity contribution < 1.29 is 32.6 Å². The van der Waals surface area contributed by atoms with Crippen LogP contribution < -0.4 is 12.4 Å². The molecule has 7 nitrogen and oxygen atoms in total. The highest BCUT2D eigenvalue weighted by molar-refractivity contribution is 5.47. The molecule has 0 aromatic heterocycles. The average Bonchev–Trinajstić information content (AvgIpc) is 2.32. The van der Waals surface area contributed by atoms with Crippen molar-refractivity contribution in [2.45, 2.75) is 6.54 Å². The molecule has 0 fully saturated rings. The van der Waals surface area contributed by atoms with Gasteiger partial charge >= 0.3 is 5.69 Å². The number of nitro groups is 1. The number of nitrogens with zero attached hydrogens (tertiary/aromatic N) is 2. The van der Waals surface area contributed by atoms with E-state index >= 15 is 0 Å². The Morgan fingerprint density at radius 1 is 1.21 bits per heavy atom. The van der Waals surface area contributed by atoms with Crippen LogP contribution in [0.5, 0.6) is 5.75 Å². The van der Waals surface area contributed by atoms with E-state index < -0.39 is 4.92 Å². The van der Waals surface area contributed by atoms with Gasteiger partial charge in [-0.2, -0.15) is 0 Å². The molecule has 0 atom stereocenters. The first-order chi connectivity index (χ1) is 8.58. The van der Waals surface area contributed by atoms with Gasteiger partial charge in [-0.05, 0) is 11.6 Å². The lowest BCUT2D eigenvalue weighted by atomic mass is 10.1. The number of phenols is 1. The molecule has 8 heteroatoms. The molecule has 19 heavy (non-hydrogen) atoms. The van der Waals surface area contributed by atoms with Gasteiger partial charge in [-0.3, -0.25) is 15.0 Å². The van der Waals surface area contributed by atoms with Crippen LogP contribution in [0.3, 0.4) is 0 Å². The van der Waals surface area contributed by atoms with Crippen molar-refractivity contribution in [1.29, 1.82) is 0 Å². The Morgan fingerprint density at radius 3 is 2.26 bits per heavy atom. The van der Waals surface area contributed by atoms with E-state index in [1.165, 1.54) is 12.1 Å². The van der Waals surface area contributed by atoms with E-state index in [0.717, 1.165) is 0 Å². The Hall–Kier alpha value is -1.41. The number of benzene rings is 1. The van der Waals surface area contributed by atoms with E-state index in [4.69, 9.17) is 10.2 Å². The number of halogens is 1. The molecule has 0 amide bonds. The number of aliphatic hydroxyl groups is 2. The average molecular weight is 292 g/mol. The molecule has 0 aliphatic heterocycles. The van der Waals surface area contributed by atoms with E-state index in [-0.39, 0.29) is 37.1 Å². The monoisotopic (exact) mass is 291 g/mol. The van der Waals surface area contributed by atoms with Gasteiger partial charge in [-0.1, -0.05) is 6.07 Å². The fourth-order valence-electron chi connectivity index (χ4n) is 1.62. The van der Waals surface area contributed by atoms with Crippen molar-refractivity contribution in [3.63, 3.8) is 0 Å². The van der Waals surface area contributed by atoms with E-state index in [1.54, 1.807) is 11.0 Å². The fraction of sp³-hybridized carbons (Fsp3) is 0.455. The molecule has 0 spiro atoms. The Bertz CT molecular complexity index is 410. The fourth-order valence-corrected chi connectivity index (χ4v) is 1.62. The maximum Gasteiger partial charge on any atom is 0.311 e. The third-order valence-electron chi connectivity index (χ3n) is 2.48. The van der Waals surface area contributed by atoms with E-state index in [9.17, 15) is 15.2 Å². The summed E-state index contributed by atoms with van der Waals surface area (Å²) < 4.78 is 0. The lowest BCUT2D eigenvalue weighted by Gasteiger charge is -2.19. The highest BCUT2D eigenvalue weighted by atomic mass is 35.5. The molecule has 0 bridgehead atoms. The maximum absolute atomic E-state index is 10.7. The molecule has 0 unspecified atom stereocenters. The second-order valence-electron chi connectivity index (χ2n) is 3.80. The van der Waals surface area contributed by atoms with Gasteiger partial charge in [-0.25, -0.2) is 0 Å². The van der Waals surface area contributed by atoms with Gasteiger partial charge in [0.2, 0.25) is 0 Å². The predicted molar refractivity (Wildman–Crippen MR) is 64.2 cm³/mol. The van der Waals surface area contributed by atoms with Crippen molar-refractivity contribution in [2.24, 2.45) is 0 Å². The number of aromatic hydroxyl groups is 1. The summed E-state index contributed by atoms with van der Waals surface area (Å²) in [7, 11) is 0. The molecule has 1 aromatic carbocycles. The molecule has 1 aromatic rings. The lowest BCUT2D eigenvalue weighted by molar-refractivity contribution is -0.385. The zero-order chi connectivity index (χ0) is 13.5. The number of phenolic OH excluding ortho intramolecular Hbond substituents is 1. The maximum atomic E-state index is 10.7. The molecule has 108 valence electrons. The third-order valence-corrected chi connectivity index (χ3v) is 2.48. The highest BCUT2D eigenvalue weighted by Crippen LogP contribution is 2.26. The van der Waals surface area contributed by atoms with Crippen LogP contribution in [0.15, 0.2) is 18.2 Å². The SMILES string of the molecule is O=[N+]([O-])c1cc(CN(CCO)CCO)ccc1O.[Cl-]. The Balaban J connectivity index is 0.00000324. The van der Waals surface area contributed by atoms with Gasteiger partial charge in [0, 0.05) is 25.7 Å². The van der Waals surface area contributed by atoms with Crippen LogP contribution in [-0.2, 0) is 6.54 Å². The third kappa shape index (κ3) is 5.39. The van der Waals surface area contributed by atoms with Gasteiger partial charge in [0.25, 0.3) is 0 Å². The molecular weight excluding hydrogens is 276 g/mol. The topological polar surface area (TPSA) is 107 Å². The summed E-state index contributed by atoms with van der Waals surface area (Å²) in [5, 5.41) is 37.7. The summed E-state index contributed by atoms with van der Waals surface area (Å²) in [5.74, 6) is -0.375. The molecule has 1 rings (SSSR count). The van der Waals surface area contributed by atoms with Crippen LogP contribution in [0.4, 0.5) is 5.69 Å². The second-order valence-corrected chi connectivity index (χ2v) is 3.80. The molecule has 0 radical (unpaired) electrons. The van der Waals surface area contributed by atoms with Crippen LogP contribution in [0.1, 0.15) is 5.56 Å². The van der Waals surface area contributed by atoms with Crippen molar-refractivity contribution >= 4 is 5.69 Å². The quantitative estimate of drug-likeness (QED) is 0.367. The van der Waals surface area contributed by atoms with Crippen molar-refractivity contribution in [3.8, 4) is 5.75 Å². The molecule has 0 saturated carbocycles. The van der Waals surface area contributed by atoms with E-state index in [2.05, 4.69) is 0 Å². The van der Waals surface area contributed by atoms with E-state index in [1.807, 2.05) is 0 Å². The minimum atomic E-state index is -0.652. The Morgan fingerprint density at radius 2 is 1.79 bits per heavy atom. The summed E-state index contributed by atoms with van der Waals surface area (Å²) in [6.45, 7) is 0.993. The van der Waals surface area contributed by atoms with Gasteiger partial charge in [0.1, 0.15) is 0 Å². The van der Waals surface area contributed by atoms with E-state index in [0.29, 0.717) is 25.2 Å². The first-order valence-corrected chi connectivity index (χ1v) is 5.49. The van der Waals surface area contributed by atoms with Crippen molar-refractivity contribution in [3.05, 3.63) is 33.9 Å². The molecular formula is C11H16ClN2O5-. The zero-order valence-corrected chi connectivity index (χ0v) is 11.0. The number of hydrogen-bond donors (Lipinski definition) is 3. The minimum Gasteiger partial charge on any atom is -1.00 e. The molecule has 0 aliphatic rings. The number of aliphatic hydroxyl groups excluding tert-OH is 2. The van der Waals surface area contributed by atoms with Crippen molar-refractivity contribution in [1.82, 2.24) is 4.90 Å². The Kier molecular flexibility index (Phi) is 8.01. The standard InChI is InChI=1S/C11H16N2O5.ClH/c14-5-3-12(4-6-15)8-9-1-2-11(16)10(7-9)13(17)18;/h1-2,7,14-16H,3-6,8H2;1H/p-1. The summed E-state index contributed by atoms with van der Waals surface area (Å²) in [6, 6.07) is 4.13. The smallest absolute Gasteiger partial charge is 0.311 e. The van der Waals surface area contributed by atoms with Crippen LogP contribution in [-0.4, -0.2) is 51.4 Å². The van der Waals surface area contributed by atoms with Crippen molar-refractivity contribution in [2.75, 3.05) is 26.3 Å². The normalized spacial score (nSPS) is 10.3. The summed E-state index contributed by atoms with van der Waals surface area (Å²) in [4.78, 5) is 11.8. The highest BCUT2D eigenvalue weighted by Gasteiger charge is 2.14. The minimum absolute atomic E-state index is 0. The Labute approximate surface area is 116 Å². The summed E-state index contributed by atoms with van der Waals surface area (Å²) in [5.41, 5.74) is 0.293. The lowest BCUT2D eigenvalue weighted by Crippen LogP contribution is -3.00. The van der Waals surface area contributed by atoms with Crippen LogP contribution >= 0.6 is 0 Å². The van der Waals surface area contributed by atoms with Crippen LogP contribution in [0.25, 0.3) is 0 Å². The molecule has 0 saturated heterocycles. The number of rotatable bonds is 7. The van der Waals surface area contributed by atoms with Gasteiger partial charge in [0.15, 0.2) is 5.75 Å². The first-order valence-electron chi connectivity index (χ1n) is 5.49. The largest absolute Gasteiger partial charge is 1.00 e. The zero-order valence-electron chi connectivity index (χ0n) is 10.2. The van der Waals surface area contributed by atoms with Crippen LogP contribution in [0, 0.1) is 10.1 Å². The molecule has 0 aliphatic carbocycles.